The summed E-state index contributed by atoms with van der Waals surface area (Å²) in [6.07, 6.45) is 0. The summed E-state index contributed by atoms with van der Waals surface area (Å²) in [6.45, 7) is 1.90. The van der Waals surface area contributed by atoms with E-state index in [0.717, 1.165) is 10.6 Å². The van der Waals surface area contributed by atoms with E-state index >= 15 is 0 Å². The monoisotopic (exact) mass is 348 g/mol. The van der Waals surface area contributed by atoms with Gasteiger partial charge in [0.1, 0.15) is 0 Å². The summed E-state index contributed by atoms with van der Waals surface area (Å²) >= 11 is 0. The molecular formula is C17H20N2O4S. The molecule has 0 saturated carbocycles. The second-order valence-corrected chi connectivity index (χ2v) is 7.29. The highest BCUT2D eigenvalue weighted by Gasteiger charge is 2.21. The number of amides is 1. The topological polar surface area (TPSA) is 66.9 Å². The number of aryl methyl sites for hydroxylation is 1. The molecule has 0 fully saturated rings. The molecule has 7 heteroatoms. The third-order valence-electron chi connectivity index (χ3n) is 3.72. The van der Waals surface area contributed by atoms with Crippen molar-refractivity contribution in [3.8, 4) is 0 Å². The van der Waals surface area contributed by atoms with E-state index in [4.69, 9.17) is 4.84 Å². The first-order valence-electron chi connectivity index (χ1n) is 7.25. The molecule has 2 aromatic carbocycles. The molecule has 1 amide bonds. The summed E-state index contributed by atoms with van der Waals surface area (Å²) in [6, 6.07) is 13.0. The van der Waals surface area contributed by atoms with Crippen LogP contribution in [0.25, 0.3) is 0 Å². The predicted octanol–water partition coefficient (Wildman–Crippen LogP) is 2.45. The number of hydrogen-bond acceptors (Lipinski definition) is 4. The Balaban J connectivity index is 2.28. The molecule has 0 aliphatic rings. The predicted molar refractivity (Wildman–Crippen MR) is 92.3 cm³/mol. The van der Waals surface area contributed by atoms with E-state index in [-0.39, 0.29) is 10.8 Å². The van der Waals surface area contributed by atoms with Crippen molar-refractivity contribution in [3.63, 3.8) is 0 Å². The molecule has 128 valence electrons. The van der Waals surface area contributed by atoms with Gasteiger partial charge in [0.15, 0.2) is 0 Å². The summed E-state index contributed by atoms with van der Waals surface area (Å²) in [5.74, 6) is -0.312. The third kappa shape index (κ3) is 3.58. The van der Waals surface area contributed by atoms with Crippen molar-refractivity contribution < 1.29 is 18.0 Å². The van der Waals surface area contributed by atoms with E-state index in [1.54, 1.807) is 48.5 Å². The maximum absolute atomic E-state index is 12.6. The molecule has 0 aliphatic carbocycles. The minimum Gasteiger partial charge on any atom is -0.274 e. The van der Waals surface area contributed by atoms with Crippen molar-refractivity contribution in [2.75, 3.05) is 25.5 Å². The number of anilines is 1. The molecule has 0 spiro atoms. The molecule has 0 saturated heterocycles. The Morgan fingerprint density at radius 1 is 0.958 bits per heavy atom. The van der Waals surface area contributed by atoms with Crippen molar-refractivity contribution in [2.24, 2.45) is 0 Å². The van der Waals surface area contributed by atoms with Gasteiger partial charge in [0.05, 0.1) is 17.7 Å². The Morgan fingerprint density at radius 3 is 2.00 bits per heavy atom. The minimum absolute atomic E-state index is 0.217. The second-order valence-electron chi connectivity index (χ2n) is 5.32. The Morgan fingerprint density at radius 2 is 1.50 bits per heavy atom. The van der Waals surface area contributed by atoms with Gasteiger partial charge in [-0.3, -0.25) is 13.9 Å². The van der Waals surface area contributed by atoms with Crippen molar-refractivity contribution in [2.45, 2.75) is 11.8 Å². The summed E-state index contributed by atoms with van der Waals surface area (Å²) < 4.78 is 26.5. The van der Waals surface area contributed by atoms with Gasteiger partial charge in [0, 0.05) is 19.7 Å². The molecule has 0 aliphatic heterocycles. The third-order valence-corrected chi connectivity index (χ3v) is 5.52. The molecule has 0 N–H and O–H groups in total. The molecule has 0 radical (unpaired) electrons. The second kappa shape index (κ2) is 7.02. The summed E-state index contributed by atoms with van der Waals surface area (Å²) in [5.41, 5.74) is 1.86. The van der Waals surface area contributed by atoms with Gasteiger partial charge in [-0.15, -0.1) is 0 Å². The molecule has 2 rings (SSSR count). The quantitative estimate of drug-likeness (QED) is 0.779. The molecule has 0 bridgehead atoms. The van der Waals surface area contributed by atoms with E-state index in [0.29, 0.717) is 11.3 Å². The maximum atomic E-state index is 12.6. The lowest BCUT2D eigenvalue weighted by Gasteiger charge is -2.20. The van der Waals surface area contributed by atoms with Gasteiger partial charge in [-0.05, 0) is 43.3 Å². The van der Waals surface area contributed by atoms with Crippen LogP contribution in [-0.2, 0) is 14.9 Å². The molecule has 24 heavy (non-hydrogen) atoms. The smallest absolute Gasteiger partial charge is 0.274 e. The van der Waals surface area contributed by atoms with Crippen molar-refractivity contribution >= 4 is 21.6 Å². The Labute approximate surface area is 142 Å². The summed E-state index contributed by atoms with van der Waals surface area (Å²) in [4.78, 5) is 17.0. The number of carbonyl (C=O) groups excluding carboxylic acids is 1. The Hall–Kier alpha value is -2.38. The highest BCUT2D eigenvalue weighted by atomic mass is 32.2. The number of nitrogens with zero attached hydrogens (tertiary/aromatic N) is 2. The largest absolute Gasteiger partial charge is 0.277 e. The van der Waals surface area contributed by atoms with Crippen LogP contribution in [-0.4, -0.2) is 40.6 Å². The Bertz CT molecular complexity index is 815. The first kappa shape index (κ1) is 18.0. The molecule has 0 atom stereocenters. The lowest BCUT2D eigenvalue weighted by atomic mass is 10.2. The van der Waals surface area contributed by atoms with Crippen LogP contribution in [0.5, 0.6) is 0 Å². The molecule has 0 unspecified atom stereocenters. The molecule has 0 heterocycles. The van der Waals surface area contributed by atoms with Crippen LogP contribution in [0.2, 0.25) is 0 Å². The van der Waals surface area contributed by atoms with Crippen LogP contribution in [0, 0.1) is 6.92 Å². The highest BCUT2D eigenvalue weighted by molar-refractivity contribution is 7.92. The zero-order chi connectivity index (χ0) is 17.9. The van der Waals surface area contributed by atoms with Gasteiger partial charge in [-0.2, -0.15) is 0 Å². The van der Waals surface area contributed by atoms with E-state index in [1.165, 1.54) is 25.5 Å². The van der Waals surface area contributed by atoms with Gasteiger partial charge in [0.2, 0.25) is 0 Å². The number of benzene rings is 2. The van der Waals surface area contributed by atoms with Crippen LogP contribution >= 0.6 is 0 Å². The number of hydrogen-bond donors (Lipinski definition) is 0. The van der Waals surface area contributed by atoms with Crippen LogP contribution in [0.4, 0.5) is 5.69 Å². The average molecular weight is 348 g/mol. The molecule has 6 nitrogen and oxygen atoms in total. The lowest BCUT2D eigenvalue weighted by Crippen LogP contribution is -2.27. The average Bonchev–Trinajstić information content (AvgIpc) is 2.60. The van der Waals surface area contributed by atoms with Crippen LogP contribution in [0.15, 0.2) is 53.4 Å². The van der Waals surface area contributed by atoms with Crippen LogP contribution in [0.3, 0.4) is 0 Å². The fraction of sp³-hybridized carbons (Fsp3) is 0.235. The maximum Gasteiger partial charge on any atom is 0.277 e. The number of hydroxylamine groups is 2. The number of rotatable bonds is 5. The molecule has 2 aromatic rings. The van der Waals surface area contributed by atoms with E-state index in [1.807, 2.05) is 6.92 Å². The summed E-state index contributed by atoms with van der Waals surface area (Å²) in [5, 5.41) is 1.10. The fourth-order valence-corrected chi connectivity index (χ4v) is 3.28. The fourth-order valence-electron chi connectivity index (χ4n) is 2.09. The van der Waals surface area contributed by atoms with Crippen molar-refractivity contribution in [3.05, 3.63) is 59.7 Å². The van der Waals surface area contributed by atoms with E-state index in [2.05, 4.69) is 0 Å². The molecule has 0 aromatic heterocycles. The first-order valence-corrected chi connectivity index (χ1v) is 8.69. The molecular weight excluding hydrogens is 328 g/mol. The van der Waals surface area contributed by atoms with Gasteiger partial charge >= 0.3 is 0 Å². The van der Waals surface area contributed by atoms with Gasteiger partial charge in [-0.1, -0.05) is 17.7 Å². The lowest BCUT2D eigenvalue weighted by molar-refractivity contribution is -0.0756. The first-order chi connectivity index (χ1) is 11.3. The highest BCUT2D eigenvalue weighted by Crippen LogP contribution is 2.23. The van der Waals surface area contributed by atoms with Gasteiger partial charge < -0.3 is 0 Å². The number of sulfonamides is 1. The van der Waals surface area contributed by atoms with Crippen molar-refractivity contribution in [1.82, 2.24) is 5.06 Å². The SMILES string of the molecule is CON(C)C(=O)c1ccc(N(C)S(=O)(=O)c2ccc(C)cc2)cc1. The normalized spacial score (nSPS) is 11.2. The van der Waals surface area contributed by atoms with Crippen LogP contribution < -0.4 is 4.31 Å². The minimum atomic E-state index is -3.65. The Kier molecular flexibility index (Phi) is 5.26. The summed E-state index contributed by atoms with van der Waals surface area (Å²) in [7, 11) is 0.731. The zero-order valence-electron chi connectivity index (χ0n) is 14.1. The number of carbonyl (C=O) groups is 1. The zero-order valence-corrected chi connectivity index (χ0v) is 14.9. The van der Waals surface area contributed by atoms with Crippen molar-refractivity contribution in [1.29, 1.82) is 0 Å². The van der Waals surface area contributed by atoms with Gasteiger partial charge in [0.25, 0.3) is 15.9 Å². The van der Waals surface area contributed by atoms with E-state index < -0.39 is 10.0 Å². The standard InChI is InChI=1S/C17H20N2O4S/c1-13-5-11-16(12-6-13)24(21,22)19(3)15-9-7-14(8-10-15)17(20)18(2)23-4/h5-12H,1-4H3. The van der Waals surface area contributed by atoms with E-state index in [9.17, 15) is 13.2 Å². The van der Waals surface area contributed by atoms with Gasteiger partial charge in [-0.25, -0.2) is 13.5 Å². The van der Waals surface area contributed by atoms with Crippen LogP contribution in [0.1, 0.15) is 15.9 Å².